The molecule has 0 saturated heterocycles. The Morgan fingerprint density at radius 3 is 2.48 bits per heavy atom. The smallest absolute Gasteiger partial charge is 0.265 e. The Kier molecular flexibility index (Phi) is 8.68. The molecular formula is C16H24N2O3. The Hall–Kier alpha value is -2.04. The van der Waals surface area contributed by atoms with Crippen molar-refractivity contribution in [1.82, 2.24) is 5.32 Å². The molecule has 1 N–H and O–H groups in total. The van der Waals surface area contributed by atoms with Crippen molar-refractivity contribution in [2.45, 2.75) is 38.2 Å². The average molecular weight is 292 g/mol. The van der Waals surface area contributed by atoms with Gasteiger partial charge in [0.15, 0.2) is 0 Å². The van der Waals surface area contributed by atoms with Crippen LogP contribution in [-0.2, 0) is 9.63 Å². The molecule has 1 aliphatic carbocycles. The molecular weight excluding hydrogens is 268 g/mol. The van der Waals surface area contributed by atoms with Crippen LogP contribution in [0, 0.1) is 0 Å². The minimum absolute atomic E-state index is 0.271. The Morgan fingerprint density at radius 1 is 1.24 bits per heavy atom. The fourth-order valence-corrected chi connectivity index (χ4v) is 2.04. The Morgan fingerprint density at radius 2 is 1.90 bits per heavy atom. The van der Waals surface area contributed by atoms with Crippen LogP contribution in [0.2, 0.25) is 0 Å². The van der Waals surface area contributed by atoms with Gasteiger partial charge in [0.1, 0.15) is 19.1 Å². The quantitative estimate of drug-likeness (QED) is 0.685. The first-order valence-electron chi connectivity index (χ1n) is 7.26. The summed E-state index contributed by atoms with van der Waals surface area (Å²) >= 11 is 0. The summed E-state index contributed by atoms with van der Waals surface area (Å²) in [5, 5.41) is 5.54. The summed E-state index contributed by atoms with van der Waals surface area (Å²) in [4.78, 5) is 14.5. The minimum atomic E-state index is -0.271. The maximum atomic E-state index is 10.2. The molecule has 2 rings (SSSR count). The first-order chi connectivity index (χ1) is 10.3. The molecule has 1 amide bonds. The van der Waals surface area contributed by atoms with Gasteiger partial charge in [0.25, 0.3) is 5.91 Å². The largest absolute Gasteiger partial charge is 0.490 e. The van der Waals surface area contributed by atoms with E-state index in [0.29, 0.717) is 6.10 Å². The van der Waals surface area contributed by atoms with Crippen molar-refractivity contribution in [3.63, 3.8) is 0 Å². The number of nitrogens with one attached hydrogen (secondary N) is 1. The van der Waals surface area contributed by atoms with Crippen LogP contribution >= 0.6 is 0 Å². The van der Waals surface area contributed by atoms with Gasteiger partial charge < -0.3 is 14.9 Å². The molecule has 0 radical (unpaired) electrons. The molecule has 21 heavy (non-hydrogen) atoms. The van der Waals surface area contributed by atoms with Crippen molar-refractivity contribution in [3.8, 4) is 5.75 Å². The molecule has 1 saturated carbocycles. The zero-order valence-electron chi connectivity index (χ0n) is 12.7. The van der Waals surface area contributed by atoms with Crippen molar-refractivity contribution in [2.75, 3.05) is 14.2 Å². The van der Waals surface area contributed by atoms with E-state index in [0.717, 1.165) is 12.0 Å². The normalized spacial score (nSPS) is 15.0. The maximum Gasteiger partial charge on any atom is 0.265 e. The third-order valence-corrected chi connectivity index (χ3v) is 3.12. The van der Waals surface area contributed by atoms with Crippen LogP contribution in [0.5, 0.6) is 5.75 Å². The highest BCUT2D eigenvalue weighted by atomic mass is 16.6. The summed E-state index contributed by atoms with van der Waals surface area (Å²) in [6.07, 6.45) is 8.03. The zero-order valence-corrected chi connectivity index (χ0v) is 12.7. The molecule has 5 heteroatoms. The van der Waals surface area contributed by atoms with Crippen LogP contribution in [0.1, 0.15) is 32.1 Å². The van der Waals surface area contributed by atoms with E-state index in [2.05, 4.69) is 15.3 Å². The Labute approximate surface area is 126 Å². The number of oxime groups is 1. The number of carbonyl (C=O) groups is 1. The van der Waals surface area contributed by atoms with Gasteiger partial charge >= 0.3 is 0 Å². The van der Waals surface area contributed by atoms with Crippen LogP contribution in [0.25, 0.3) is 0 Å². The van der Waals surface area contributed by atoms with Crippen LogP contribution in [0.15, 0.2) is 35.5 Å². The van der Waals surface area contributed by atoms with E-state index < -0.39 is 0 Å². The molecule has 116 valence electrons. The number of nitrogens with zero attached hydrogens (tertiary/aromatic N) is 1. The second-order valence-electron chi connectivity index (χ2n) is 4.72. The molecule has 1 aromatic rings. The van der Waals surface area contributed by atoms with Gasteiger partial charge in [-0.1, -0.05) is 29.8 Å². The number of hydrogen-bond acceptors (Lipinski definition) is 4. The lowest BCUT2D eigenvalue weighted by Gasteiger charge is -2.22. The average Bonchev–Trinajstić information content (AvgIpc) is 2.55. The number of benzene rings is 1. The van der Waals surface area contributed by atoms with Crippen LogP contribution in [0.4, 0.5) is 0 Å². The second kappa shape index (κ2) is 10.7. The van der Waals surface area contributed by atoms with E-state index in [1.165, 1.54) is 46.3 Å². The highest BCUT2D eigenvalue weighted by molar-refractivity contribution is 6.25. The van der Waals surface area contributed by atoms with Crippen molar-refractivity contribution < 1.29 is 14.4 Å². The van der Waals surface area contributed by atoms with Crippen LogP contribution in [-0.4, -0.2) is 32.4 Å². The van der Waals surface area contributed by atoms with Gasteiger partial charge in [0.2, 0.25) is 0 Å². The van der Waals surface area contributed by atoms with Gasteiger partial charge in [-0.2, -0.15) is 0 Å². The third-order valence-electron chi connectivity index (χ3n) is 3.12. The molecule has 0 bridgehead atoms. The second-order valence-corrected chi connectivity index (χ2v) is 4.72. The summed E-state index contributed by atoms with van der Waals surface area (Å²) in [5.74, 6) is 0.751. The lowest BCUT2D eigenvalue weighted by molar-refractivity contribution is -0.114. The first-order valence-corrected chi connectivity index (χ1v) is 7.26. The third kappa shape index (κ3) is 7.97. The van der Waals surface area contributed by atoms with Gasteiger partial charge in [0.05, 0.1) is 6.10 Å². The van der Waals surface area contributed by atoms with E-state index >= 15 is 0 Å². The van der Waals surface area contributed by atoms with E-state index in [1.54, 1.807) is 0 Å². The summed E-state index contributed by atoms with van der Waals surface area (Å²) in [7, 11) is 2.89. The molecule has 0 unspecified atom stereocenters. The fourth-order valence-electron chi connectivity index (χ4n) is 2.04. The number of rotatable bonds is 4. The number of hydrogen-bond donors (Lipinski definition) is 1. The summed E-state index contributed by atoms with van der Waals surface area (Å²) in [6, 6.07) is 10.1. The fraction of sp³-hybridized carbons (Fsp3) is 0.500. The Balaban J connectivity index is 0.000000240. The SMILES string of the molecule is CNC(=O)/C=N/OC.c1ccc(OC2CCCCC2)cc1. The van der Waals surface area contributed by atoms with Gasteiger partial charge in [-0.25, -0.2) is 0 Å². The summed E-state index contributed by atoms with van der Waals surface area (Å²) in [6.45, 7) is 0. The zero-order chi connectivity index (χ0) is 15.3. The van der Waals surface area contributed by atoms with Crippen molar-refractivity contribution in [2.24, 2.45) is 5.16 Å². The standard InChI is InChI=1S/C12H16O.C4H8N2O2/c1-3-7-11(8-4-1)13-12-9-5-2-6-10-12;1-5-4(7)3-6-8-2/h1,3-4,7-8,12H,2,5-6,9-10H2;3H,1-2H3,(H,5,7)/b;6-3+. The molecule has 5 nitrogen and oxygen atoms in total. The maximum absolute atomic E-state index is 10.2. The van der Waals surface area contributed by atoms with Gasteiger partial charge in [-0.15, -0.1) is 0 Å². The summed E-state index contributed by atoms with van der Waals surface area (Å²) < 4.78 is 5.86. The minimum Gasteiger partial charge on any atom is -0.490 e. The topological polar surface area (TPSA) is 59.9 Å². The monoisotopic (exact) mass is 292 g/mol. The molecule has 0 atom stereocenters. The summed E-state index contributed by atoms with van der Waals surface area (Å²) in [5.41, 5.74) is 0. The van der Waals surface area contributed by atoms with Crippen LogP contribution < -0.4 is 10.1 Å². The predicted octanol–water partition coefficient (Wildman–Crippen LogP) is 2.76. The number of amides is 1. The molecule has 0 spiro atoms. The molecule has 0 aromatic heterocycles. The van der Waals surface area contributed by atoms with Crippen molar-refractivity contribution in [3.05, 3.63) is 30.3 Å². The molecule has 1 fully saturated rings. The highest BCUT2D eigenvalue weighted by Crippen LogP contribution is 2.22. The lowest BCUT2D eigenvalue weighted by Crippen LogP contribution is -2.19. The van der Waals surface area contributed by atoms with E-state index in [9.17, 15) is 4.79 Å². The van der Waals surface area contributed by atoms with E-state index in [-0.39, 0.29) is 5.91 Å². The van der Waals surface area contributed by atoms with Crippen LogP contribution in [0.3, 0.4) is 0 Å². The highest BCUT2D eigenvalue weighted by Gasteiger charge is 2.14. The predicted molar refractivity (Wildman–Crippen MR) is 83.5 cm³/mol. The first kappa shape index (κ1) is 17.0. The Bertz CT molecular complexity index is 415. The molecule has 0 heterocycles. The molecule has 1 aromatic carbocycles. The van der Waals surface area contributed by atoms with Gasteiger partial charge in [0, 0.05) is 7.05 Å². The molecule has 0 aliphatic heterocycles. The number of para-hydroxylation sites is 1. The van der Waals surface area contributed by atoms with Crippen molar-refractivity contribution in [1.29, 1.82) is 0 Å². The number of ether oxygens (including phenoxy) is 1. The number of carbonyl (C=O) groups excluding carboxylic acids is 1. The lowest BCUT2D eigenvalue weighted by atomic mass is 9.98. The van der Waals surface area contributed by atoms with E-state index in [4.69, 9.17) is 4.74 Å². The molecule has 1 aliphatic rings. The van der Waals surface area contributed by atoms with Gasteiger partial charge in [-0.3, -0.25) is 4.79 Å². The van der Waals surface area contributed by atoms with Crippen molar-refractivity contribution >= 4 is 12.1 Å². The van der Waals surface area contributed by atoms with E-state index in [1.807, 2.05) is 30.3 Å². The van der Waals surface area contributed by atoms with Gasteiger partial charge in [-0.05, 0) is 37.8 Å².